The van der Waals surface area contributed by atoms with Crippen LogP contribution in [0.4, 0.5) is 0 Å². The van der Waals surface area contributed by atoms with Crippen molar-refractivity contribution in [2.45, 2.75) is 33.1 Å². The van der Waals surface area contributed by atoms with Crippen LogP contribution >= 0.6 is 0 Å². The zero-order valence-corrected chi connectivity index (χ0v) is 7.05. The van der Waals surface area contributed by atoms with Crippen LogP contribution in [-0.4, -0.2) is 11.1 Å². The fourth-order valence-electron chi connectivity index (χ4n) is 1.57. The topological polar surface area (TPSA) is 37.3 Å². The molecule has 0 bridgehead atoms. The van der Waals surface area contributed by atoms with Crippen LogP contribution < -0.4 is 0 Å². The van der Waals surface area contributed by atoms with Crippen LogP contribution in [0.1, 0.15) is 33.1 Å². The van der Waals surface area contributed by atoms with Gasteiger partial charge in [-0.05, 0) is 32.1 Å². The Bertz CT molecular complexity index is 204. The molecule has 1 N–H and O–H groups in total. The molecular formula is C9H14O2. The Kier molecular flexibility index (Phi) is 2.32. The Morgan fingerprint density at radius 1 is 1.64 bits per heavy atom. The second-order valence-electron chi connectivity index (χ2n) is 3.26. The van der Waals surface area contributed by atoms with Gasteiger partial charge in [-0.15, -0.1) is 0 Å². The van der Waals surface area contributed by atoms with Gasteiger partial charge in [0.15, 0.2) is 0 Å². The normalized spacial score (nSPS) is 25.5. The first-order chi connectivity index (χ1) is 5.13. The van der Waals surface area contributed by atoms with E-state index in [2.05, 4.69) is 6.92 Å². The van der Waals surface area contributed by atoms with E-state index in [1.54, 1.807) is 0 Å². The summed E-state index contributed by atoms with van der Waals surface area (Å²) in [6.07, 6.45) is 2.92. The quantitative estimate of drug-likeness (QED) is 0.628. The minimum absolute atomic E-state index is 0.467. The summed E-state index contributed by atoms with van der Waals surface area (Å²) in [5, 5.41) is 8.77. The third-order valence-corrected chi connectivity index (χ3v) is 2.54. The van der Waals surface area contributed by atoms with Crippen LogP contribution in [0.3, 0.4) is 0 Å². The Hall–Kier alpha value is -0.790. The molecule has 62 valence electrons. The van der Waals surface area contributed by atoms with Crippen molar-refractivity contribution >= 4 is 5.97 Å². The summed E-state index contributed by atoms with van der Waals surface area (Å²) in [4.78, 5) is 10.7. The summed E-state index contributed by atoms with van der Waals surface area (Å²) in [6.45, 7) is 4.03. The third-order valence-electron chi connectivity index (χ3n) is 2.54. The lowest BCUT2D eigenvalue weighted by Crippen LogP contribution is -2.13. The second-order valence-corrected chi connectivity index (χ2v) is 3.26. The van der Waals surface area contributed by atoms with E-state index in [1.807, 2.05) is 6.92 Å². The molecule has 0 fully saturated rings. The first-order valence-corrected chi connectivity index (χ1v) is 4.06. The van der Waals surface area contributed by atoms with Gasteiger partial charge in [-0.1, -0.05) is 12.5 Å². The number of carboxylic acids is 1. The molecule has 1 aliphatic rings. The van der Waals surface area contributed by atoms with Crippen molar-refractivity contribution in [3.63, 3.8) is 0 Å². The monoisotopic (exact) mass is 154 g/mol. The van der Waals surface area contributed by atoms with E-state index >= 15 is 0 Å². The maximum atomic E-state index is 10.7. The Labute approximate surface area is 66.9 Å². The molecule has 1 aliphatic carbocycles. The number of aliphatic carboxylic acids is 1. The standard InChI is InChI=1S/C9H14O2/c1-6-4-3-5-8(7(6)2)9(10)11/h6H,3-5H2,1-2H3,(H,10,11)/t6-/m0/s1. The molecular weight excluding hydrogens is 140 g/mol. The molecule has 0 amide bonds. The van der Waals surface area contributed by atoms with Crippen LogP contribution in [0.5, 0.6) is 0 Å². The molecule has 0 heterocycles. The zero-order valence-electron chi connectivity index (χ0n) is 7.05. The highest BCUT2D eigenvalue weighted by Crippen LogP contribution is 2.29. The molecule has 0 aromatic rings. The first-order valence-electron chi connectivity index (χ1n) is 4.06. The maximum absolute atomic E-state index is 10.7. The summed E-state index contributed by atoms with van der Waals surface area (Å²) in [6, 6.07) is 0. The molecule has 0 unspecified atom stereocenters. The molecule has 0 radical (unpaired) electrons. The van der Waals surface area contributed by atoms with Gasteiger partial charge in [0.2, 0.25) is 0 Å². The van der Waals surface area contributed by atoms with Gasteiger partial charge < -0.3 is 5.11 Å². The lowest BCUT2D eigenvalue weighted by molar-refractivity contribution is -0.133. The second kappa shape index (κ2) is 3.07. The van der Waals surface area contributed by atoms with Crippen LogP contribution in [0.2, 0.25) is 0 Å². The molecule has 0 aromatic heterocycles. The fourth-order valence-corrected chi connectivity index (χ4v) is 1.57. The van der Waals surface area contributed by atoms with Gasteiger partial charge in [0.05, 0.1) is 0 Å². The van der Waals surface area contributed by atoms with Gasteiger partial charge in [-0.25, -0.2) is 4.79 Å². The summed E-state index contributed by atoms with van der Waals surface area (Å²) in [7, 11) is 0. The van der Waals surface area contributed by atoms with Gasteiger partial charge in [0, 0.05) is 5.57 Å². The molecule has 1 atom stereocenters. The number of rotatable bonds is 1. The minimum atomic E-state index is -0.728. The predicted octanol–water partition coefficient (Wildman–Crippen LogP) is 2.21. The predicted molar refractivity (Wildman–Crippen MR) is 43.4 cm³/mol. The van der Waals surface area contributed by atoms with Crippen molar-refractivity contribution in [1.82, 2.24) is 0 Å². The van der Waals surface area contributed by atoms with E-state index in [9.17, 15) is 4.79 Å². The summed E-state index contributed by atoms with van der Waals surface area (Å²) in [5.74, 6) is -0.260. The summed E-state index contributed by atoms with van der Waals surface area (Å²) in [5.41, 5.74) is 1.72. The molecule has 2 nitrogen and oxygen atoms in total. The molecule has 11 heavy (non-hydrogen) atoms. The Morgan fingerprint density at radius 3 is 2.73 bits per heavy atom. The molecule has 0 aliphatic heterocycles. The summed E-state index contributed by atoms with van der Waals surface area (Å²) < 4.78 is 0. The lowest BCUT2D eigenvalue weighted by atomic mass is 9.85. The lowest BCUT2D eigenvalue weighted by Gasteiger charge is -2.20. The van der Waals surface area contributed by atoms with E-state index in [0.29, 0.717) is 11.5 Å². The van der Waals surface area contributed by atoms with Crippen LogP contribution in [-0.2, 0) is 4.79 Å². The van der Waals surface area contributed by atoms with E-state index in [-0.39, 0.29) is 0 Å². The largest absolute Gasteiger partial charge is 0.478 e. The number of hydrogen-bond acceptors (Lipinski definition) is 1. The highest BCUT2D eigenvalue weighted by Gasteiger charge is 2.19. The van der Waals surface area contributed by atoms with Crippen molar-refractivity contribution in [3.05, 3.63) is 11.1 Å². The average molecular weight is 154 g/mol. The van der Waals surface area contributed by atoms with Crippen molar-refractivity contribution in [2.75, 3.05) is 0 Å². The zero-order chi connectivity index (χ0) is 8.43. The van der Waals surface area contributed by atoms with Crippen molar-refractivity contribution in [2.24, 2.45) is 5.92 Å². The fraction of sp³-hybridized carbons (Fsp3) is 0.667. The minimum Gasteiger partial charge on any atom is -0.478 e. The number of hydrogen-bond donors (Lipinski definition) is 1. The van der Waals surface area contributed by atoms with E-state index in [4.69, 9.17) is 5.11 Å². The highest BCUT2D eigenvalue weighted by molar-refractivity contribution is 5.87. The molecule has 2 heteroatoms. The van der Waals surface area contributed by atoms with Gasteiger partial charge in [-0.2, -0.15) is 0 Å². The van der Waals surface area contributed by atoms with Crippen LogP contribution in [0.25, 0.3) is 0 Å². The molecule has 0 aromatic carbocycles. The van der Waals surface area contributed by atoms with Crippen LogP contribution in [0, 0.1) is 5.92 Å². The third kappa shape index (κ3) is 1.62. The molecule has 0 saturated heterocycles. The first kappa shape index (κ1) is 8.31. The highest BCUT2D eigenvalue weighted by atomic mass is 16.4. The van der Waals surface area contributed by atoms with Crippen LogP contribution in [0.15, 0.2) is 11.1 Å². The van der Waals surface area contributed by atoms with Gasteiger partial charge in [-0.3, -0.25) is 0 Å². The average Bonchev–Trinajstić information content (AvgIpc) is 1.94. The molecule has 0 spiro atoms. The van der Waals surface area contributed by atoms with E-state index in [1.165, 1.54) is 0 Å². The van der Waals surface area contributed by atoms with Crippen molar-refractivity contribution < 1.29 is 9.90 Å². The van der Waals surface area contributed by atoms with Gasteiger partial charge in [0.1, 0.15) is 0 Å². The molecule has 0 saturated carbocycles. The number of allylic oxidation sites excluding steroid dienone is 1. The smallest absolute Gasteiger partial charge is 0.331 e. The number of carboxylic acid groups (broad SMARTS) is 1. The van der Waals surface area contributed by atoms with E-state index in [0.717, 1.165) is 24.8 Å². The van der Waals surface area contributed by atoms with Crippen molar-refractivity contribution in [3.8, 4) is 0 Å². The molecule has 1 rings (SSSR count). The maximum Gasteiger partial charge on any atom is 0.331 e. The van der Waals surface area contributed by atoms with Crippen molar-refractivity contribution in [1.29, 1.82) is 0 Å². The Morgan fingerprint density at radius 2 is 2.27 bits per heavy atom. The number of carbonyl (C=O) groups is 1. The van der Waals surface area contributed by atoms with Gasteiger partial charge >= 0.3 is 5.97 Å². The Balaban J connectivity index is 2.89. The summed E-state index contributed by atoms with van der Waals surface area (Å²) >= 11 is 0. The van der Waals surface area contributed by atoms with Gasteiger partial charge in [0.25, 0.3) is 0 Å². The SMILES string of the molecule is CC1=C(C(=O)O)CCC[C@@H]1C. The van der Waals surface area contributed by atoms with E-state index < -0.39 is 5.97 Å².